The molecule has 0 fully saturated rings. The molecule has 1 heterocycles. The van der Waals surface area contributed by atoms with Crippen molar-refractivity contribution < 1.29 is 4.42 Å². The van der Waals surface area contributed by atoms with Crippen molar-refractivity contribution >= 4 is 34.2 Å². The summed E-state index contributed by atoms with van der Waals surface area (Å²) in [5.74, 6) is 1.16. The highest BCUT2D eigenvalue weighted by Gasteiger charge is 2.11. The van der Waals surface area contributed by atoms with Crippen molar-refractivity contribution in [3.63, 3.8) is 0 Å². The summed E-state index contributed by atoms with van der Waals surface area (Å²) < 4.78 is 6.67. The summed E-state index contributed by atoms with van der Waals surface area (Å²) in [4.78, 5) is 0. The van der Waals surface area contributed by atoms with Crippen LogP contribution in [0.5, 0.6) is 0 Å². The topological polar surface area (TPSA) is 51.0 Å². The number of benzene rings is 1. The average Bonchev–Trinajstić information content (AvgIpc) is 2.81. The van der Waals surface area contributed by atoms with Gasteiger partial charge in [0.25, 0.3) is 0 Å². The molecule has 1 N–H and O–H groups in total. The largest absolute Gasteiger partial charge is 0.421 e. The summed E-state index contributed by atoms with van der Waals surface area (Å²) in [6.45, 7) is 3.84. The average molecular weight is 378 g/mol. The Hall–Kier alpha value is -0.660. The minimum atomic E-state index is 0.522. The molecule has 18 heavy (non-hydrogen) atoms. The number of aromatic nitrogens is 2. The maximum absolute atomic E-state index is 5.97. The molecule has 0 saturated heterocycles. The normalized spacial score (nSPS) is 10.8. The fourth-order valence-corrected chi connectivity index (χ4v) is 2.24. The fourth-order valence-electron chi connectivity index (χ4n) is 1.50. The predicted octanol–water partition coefficient (Wildman–Crippen LogP) is 3.15. The smallest absolute Gasteiger partial charge is 0.248 e. The van der Waals surface area contributed by atoms with Crippen LogP contribution in [0.4, 0.5) is 0 Å². The Kier molecular flexibility index (Phi) is 4.96. The van der Waals surface area contributed by atoms with E-state index in [4.69, 9.17) is 16.0 Å². The molecule has 2 aromatic rings. The molecule has 4 nitrogen and oxygen atoms in total. The number of nitrogens with zero attached hydrogens (tertiary/aromatic N) is 2. The van der Waals surface area contributed by atoms with Crippen molar-refractivity contribution in [2.45, 2.75) is 13.3 Å². The van der Waals surface area contributed by atoms with Crippen molar-refractivity contribution in [2.24, 2.45) is 0 Å². The third-order valence-electron chi connectivity index (χ3n) is 2.39. The Labute approximate surface area is 124 Å². The third-order valence-corrected chi connectivity index (χ3v) is 3.57. The van der Waals surface area contributed by atoms with Crippen molar-refractivity contribution in [3.05, 3.63) is 32.7 Å². The Morgan fingerprint density at radius 3 is 3.00 bits per heavy atom. The van der Waals surface area contributed by atoms with E-state index in [2.05, 4.69) is 45.0 Å². The van der Waals surface area contributed by atoms with Gasteiger partial charge >= 0.3 is 0 Å². The van der Waals surface area contributed by atoms with Crippen molar-refractivity contribution in [1.82, 2.24) is 15.5 Å². The lowest BCUT2D eigenvalue weighted by atomic mass is 10.2. The van der Waals surface area contributed by atoms with Crippen molar-refractivity contribution in [2.75, 3.05) is 13.1 Å². The molecular weight excluding hydrogens is 365 g/mol. The van der Waals surface area contributed by atoms with E-state index in [9.17, 15) is 0 Å². The Morgan fingerprint density at radius 2 is 2.22 bits per heavy atom. The van der Waals surface area contributed by atoms with Crippen LogP contribution < -0.4 is 5.32 Å². The van der Waals surface area contributed by atoms with Gasteiger partial charge in [0.15, 0.2) is 0 Å². The second kappa shape index (κ2) is 6.49. The first-order valence-corrected chi connectivity index (χ1v) is 7.15. The first kappa shape index (κ1) is 13.8. The van der Waals surface area contributed by atoms with Crippen LogP contribution in [0.3, 0.4) is 0 Å². The molecule has 6 heteroatoms. The predicted molar refractivity (Wildman–Crippen MR) is 79.7 cm³/mol. The summed E-state index contributed by atoms with van der Waals surface area (Å²) in [7, 11) is 0. The zero-order chi connectivity index (χ0) is 13.0. The van der Waals surface area contributed by atoms with E-state index in [0.717, 1.165) is 28.6 Å². The van der Waals surface area contributed by atoms with E-state index in [1.807, 2.05) is 18.2 Å². The van der Waals surface area contributed by atoms with Crippen LogP contribution in [0, 0.1) is 3.57 Å². The second-order valence-corrected chi connectivity index (χ2v) is 5.33. The highest BCUT2D eigenvalue weighted by Crippen LogP contribution is 2.27. The lowest BCUT2D eigenvalue weighted by Crippen LogP contribution is -2.16. The van der Waals surface area contributed by atoms with Crippen molar-refractivity contribution in [3.8, 4) is 11.5 Å². The Morgan fingerprint density at radius 1 is 1.39 bits per heavy atom. The highest BCUT2D eigenvalue weighted by molar-refractivity contribution is 14.1. The maximum Gasteiger partial charge on any atom is 0.248 e. The summed E-state index contributed by atoms with van der Waals surface area (Å²) in [5, 5.41) is 12.0. The van der Waals surface area contributed by atoms with Gasteiger partial charge in [0, 0.05) is 21.6 Å². The summed E-state index contributed by atoms with van der Waals surface area (Å²) in [6, 6.07) is 5.61. The zero-order valence-electron chi connectivity index (χ0n) is 9.91. The molecule has 0 spiro atoms. The molecule has 2 rings (SSSR count). The molecule has 0 aliphatic rings. The van der Waals surface area contributed by atoms with Crippen LogP contribution >= 0.6 is 34.2 Å². The van der Waals surface area contributed by atoms with Gasteiger partial charge in [-0.15, -0.1) is 10.2 Å². The quantitative estimate of drug-likeness (QED) is 0.642. The van der Waals surface area contributed by atoms with Crippen molar-refractivity contribution in [1.29, 1.82) is 0 Å². The molecule has 0 amide bonds. The monoisotopic (exact) mass is 377 g/mol. The van der Waals surface area contributed by atoms with Gasteiger partial charge in [-0.1, -0.05) is 18.5 Å². The summed E-state index contributed by atoms with van der Waals surface area (Å²) in [6.07, 6.45) is 0.734. The molecule has 0 bridgehead atoms. The molecule has 96 valence electrons. The van der Waals surface area contributed by atoms with Gasteiger partial charge in [-0.2, -0.15) is 0 Å². The molecule has 0 aliphatic heterocycles. The van der Waals surface area contributed by atoms with Gasteiger partial charge in [0.05, 0.1) is 5.56 Å². The molecule has 1 aromatic heterocycles. The molecule has 0 saturated carbocycles. The lowest BCUT2D eigenvalue weighted by molar-refractivity contribution is 0.496. The van der Waals surface area contributed by atoms with E-state index in [1.54, 1.807) is 0 Å². The zero-order valence-corrected chi connectivity index (χ0v) is 12.8. The summed E-state index contributed by atoms with van der Waals surface area (Å²) in [5.41, 5.74) is 0.880. The van der Waals surface area contributed by atoms with E-state index >= 15 is 0 Å². The van der Waals surface area contributed by atoms with E-state index < -0.39 is 0 Å². The van der Waals surface area contributed by atoms with E-state index in [1.165, 1.54) is 0 Å². The Balaban J connectivity index is 2.16. The standard InChI is InChI=1S/C12H13ClIN3O/c1-2-15-6-5-11-16-17-12(18-11)9-7-8(13)3-4-10(9)14/h3-4,7,15H,2,5-6H2,1H3. The first-order chi connectivity index (χ1) is 8.70. The van der Waals surface area contributed by atoms with E-state index in [0.29, 0.717) is 16.8 Å². The minimum Gasteiger partial charge on any atom is -0.421 e. The van der Waals surface area contributed by atoms with Crippen LogP contribution in [-0.4, -0.2) is 23.3 Å². The van der Waals surface area contributed by atoms with Gasteiger partial charge < -0.3 is 9.73 Å². The van der Waals surface area contributed by atoms with Crippen LogP contribution in [0.1, 0.15) is 12.8 Å². The van der Waals surface area contributed by atoms with Crippen LogP contribution in [0.25, 0.3) is 11.5 Å². The lowest BCUT2D eigenvalue weighted by Gasteiger charge is -1.99. The van der Waals surface area contributed by atoms with Gasteiger partial charge in [-0.25, -0.2) is 0 Å². The van der Waals surface area contributed by atoms with Gasteiger partial charge in [-0.3, -0.25) is 0 Å². The molecular formula is C12H13ClIN3O. The number of hydrogen-bond donors (Lipinski definition) is 1. The number of nitrogens with one attached hydrogen (secondary N) is 1. The molecule has 0 unspecified atom stereocenters. The molecule has 1 aromatic carbocycles. The van der Waals surface area contributed by atoms with Crippen LogP contribution in [-0.2, 0) is 6.42 Å². The van der Waals surface area contributed by atoms with E-state index in [-0.39, 0.29) is 0 Å². The number of rotatable bonds is 5. The van der Waals surface area contributed by atoms with Gasteiger partial charge in [0.2, 0.25) is 11.8 Å². The number of halogens is 2. The number of hydrogen-bond acceptors (Lipinski definition) is 4. The fraction of sp³-hybridized carbons (Fsp3) is 0.333. The third kappa shape index (κ3) is 3.43. The highest BCUT2D eigenvalue weighted by atomic mass is 127. The summed E-state index contributed by atoms with van der Waals surface area (Å²) >= 11 is 8.20. The number of likely N-dealkylation sites (N-methyl/N-ethyl adjacent to an activating group) is 1. The van der Waals surface area contributed by atoms with Gasteiger partial charge in [-0.05, 0) is 47.3 Å². The second-order valence-electron chi connectivity index (χ2n) is 3.73. The minimum absolute atomic E-state index is 0.522. The van der Waals surface area contributed by atoms with Crippen LogP contribution in [0.15, 0.2) is 22.6 Å². The maximum atomic E-state index is 5.97. The SMILES string of the molecule is CCNCCc1nnc(-c2cc(Cl)ccc2I)o1. The van der Waals surface area contributed by atoms with Crippen LogP contribution in [0.2, 0.25) is 5.02 Å². The molecule has 0 atom stereocenters. The molecule has 0 radical (unpaired) electrons. The Bertz CT molecular complexity index is 530. The first-order valence-electron chi connectivity index (χ1n) is 5.69. The van der Waals surface area contributed by atoms with Gasteiger partial charge in [0.1, 0.15) is 0 Å². The molecule has 0 aliphatic carbocycles.